The van der Waals surface area contributed by atoms with Gasteiger partial charge in [0.2, 0.25) is 0 Å². The molecule has 0 radical (unpaired) electrons. The molecule has 0 amide bonds. The van der Waals surface area contributed by atoms with Gasteiger partial charge in [0.15, 0.2) is 0 Å². The molecule has 0 fully saturated rings. The van der Waals surface area contributed by atoms with Crippen LogP contribution in [0.3, 0.4) is 0 Å². The fraction of sp³-hybridized carbons (Fsp3) is 0.625. The normalized spacial score (nSPS) is 27.4. The van der Waals surface area contributed by atoms with Gasteiger partial charge in [0, 0.05) is 12.1 Å². The molecule has 92 valence electrons. The van der Waals surface area contributed by atoms with E-state index in [0.717, 1.165) is 0 Å². The van der Waals surface area contributed by atoms with E-state index in [1.165, 1.54) is 38.5 Å². The van der Waals surface area contributed by atoms with Crippen molar-refractivity contribution in [2.45, 2.75) is 64.5 Å². The van der Waals surface area contributed by atoms with E-state index in [1.807, 2.05) is 0 Å². The molecule has 1 nitrogen and oxygen atoms in total. The van der Waals surface area contributed by atoms with Crippen molar-refractivity contribution in [1.82, 2.24) is 5.32 Å². The van der Waals surface area contributed by atoms with Crippen LogP contribution in [0.5, 0.6) is 0 Å². The number of rotatable bonds is 1. The summed E-state index contributed by atoms with van der Waals surface area (Å²) < 4.78 is 0. The number of benzene rings is 1. The van der Waals surface area contributed by atoms with Crippen molar-refractivity contribution >= 4 is 0 Å². The highest BCUT2D eigenvalue weighted by Gasteiger charge is 2.24. The van der Waals surface area contributed by atoms with Gasteiger partial charge in [-0.3, -0.25) is 0 Å². The smallest absolute Gasteiger partial charge is 0.0322 e. The molecule has 0 saturated heterocycles. The molecule has 0 aromatic heterocycles. The Morgan fingerprint density at radius 1 is 1.12 bits per heavy atom. The molecular formula is C16H23N. The molecule has 1 heterocycles. The molecule has 1 aromatic rings. The van der Waals surface area contributed by atoms with E-state index in [-0.39, 0.29) is 0 Å². The summed E-state index contributed by atoms with van der Waals surface area (Å²) in [6.45, 7) is 4.60. The van der Waals surface area contributed by atoms with Crippen LogP contribution in [0.1, 0.15) is 61.4 Å². The van der Waals surface area contributed by atoms with Crippen LogP contribution >= 0.6 is 0 Å². The minimum Gasteiger partial charge on any atom is -0.307 e. The first-order valence-electron chi connectivity index (χ1n) is 7.18. The summed E-state index contributed by atoms with van der Waals surface area (Å²) in [4.78, 5) is 0. The Morgan fingerprint density at radius 2 is 1.82 bits per heavy atom. The second kappa shape index (κ2) is 4.45. The fourth-order valence-corrected chi connectivity index (χ4v) is 3.52. The minimum atomic E-state index is 0.584. The van der Waals surface area contributed by atoms with Gasteiger partial charge in [-0.25, -0.2) is 0 Å². The summed E-state index contributed by atoms with van der Waals surface area (Å²) in [5.41, 5.74) is 6.47. The van der Waals surface area contributed by atoms with Gasteiger partial charge in [0.1, 0.15) is 0 Å². The summed E-state index contributed by atoms with van der Waals surface area (Å²) in [5.74, 6) is 0. The Morgan fingerprint density at radius 3 is 2.53 bits per heavy atom. The van der Waals surface area contributed by atoms with Crippen LogP contribution < -0.4 is 5.32 Å². The number of hydrogen-bond donors (Lipinski definition) is 1. The lowest BCUT2D eigenvalue weighted by atomic mass is 9.82. The zero-order valence-electron chi connectivity index (χ0n) is 11.1. The first kappa shape index (κ1) is 11.3. The lowest BCUT2D eigenvalue weighted by Gasteiger charge is -2.33. The van der Waals surface area contributed by atoms with E-state index in [0.29, 0.717) is 12.1 Å². The predicted octanol–water partition coefficient (Wildman–Crippen LogP) is 3.55. The third kappa shape index (κ3) is 2.01. The van der Waals surface area contributed by atoms with Crippen LogP contribution in [0.15, 0.2) is 12.1 Å². The predicted molar refractivity (Wildman–Crippen MR) is 72.4 cm³/mol. The second-order valence-electron chi connectivity index (χ2n) is 5.76. The topological polar surface area (TPSA) is 12.0 Å². The summed E-state index contributed by atoms with van der Waals surface area (Å²) in [5, 5.41) is 3.73. The van der Waals surface area contributed by atoms with Crippen molar-refractivity contribution in [2.75, 3.05) is 0 Å². The van der Waals surface area contributed by atoms with Crippen LogP contribution in [-0.2, 0) is 19.3 Å². The quantitative estimate of drug-likeness (QED) is 0.776. The maximum atomic E-state index is 3.73. The highest BCUT2D eigenvalue weighted by Crippen LogP contribution is 2.32. The van der Waals surface area contributed by atoms with Gasteiger partial charge < -0.3 is 5.32 Å². The summed E-state index contributed by atoms with van der Waals surface area (Å²) >= 11 is 0. The van der Waals surface area contributed by atoms with E-state index < -0.39 is 0 Å². The summed E-state index contributed by atoms with van der Waals surface area (Å²) in [7, 11) is 0. The molecule has 3 rings (SSSR count). The lowest BCUT2D eigenvalue weighted by Crippen LogP contribution is -2.37. The number of nitrogens with one attached hydrogen (secondary N) is 1. The monoisotopic (exact) mass is 229 g/mol. The van der Waals surface area contributed by atoms with Crippen LogP contribution in [0.25, 0.3) is 0 Å². The molecule has 2 aliphatic rings. The molecule has 2 atom stereocenters. The first-order chi connectivity index (χ1) is 8.28. The van der Waals surface area contributed by atoms with E-state index in [4.69, 9.17) is 0 Å². The average Bonchev–Trinajstić information content (AvgIpc) is 2.35. The van der Waals surface area contributed by atoms with Crippen LogP contribution in [0, 0.1) is 0 Å². The zero-order chi connectivity index (χ0) is 11.8. The van der Waals surface area contributed by atoms with E-state index in [1.54, 1.807) is 22.3 Å². The second-order valence-corrected chi connectivity index (χ2v) is 5.76. The summed E-state index contributed by atoms with van der Waals surface area (Å²) in [6, 6.07) is 6.25. The molecule has 1 heteroatoms. The molecule has 1 aromatic carbocycles. The number of aryl methyl sites for hydroxylation is 2. The zero-order valence-corrected chi connectivity index (χ0v) is 11.1. The number of hydrogen-bond acceptors (Lipinski definition) is 1. The van der Waals surface area contributed by atoms with Gasteiger partial charge in [-0.05, 0) is 67.7 Å². The molecular weight excluding hydrogens is 206 g/mol. The largest absolute Gasteiger partial charge is 0.307 e. The van der Waals surface area contributed by atoms with E-state index in [9.17, 15) is 0 Å². The molecule has 2 unspecified atom stereocenters. The summed E-state index contributed by atoms with van der Waals surface area (Å²) in [6.07, 6.45) is 7.79. The Kier molecular flexibility index (Phi) is 2.96. The third-order valence-electron chi connectivity index (χ3n) is 4.40. The average molecular weight is 229 g/mol. The minimum absolute atomic E-state index is 0.584. The van der Waals surface area contributed by atoms with E-state index in [2.05, 4.69) is 31.3 Å². The van der Waals surface area contributed by atoms with Crippen LogP contribution in [0.2, 0.25) is 0 Å². The third-order valence-corrected chi connectivity index (χ3v) is 4.40. The van der Waals surface area contributed by atoms with Gasteiger partial charge in [-0.2, -0.15) is 0 Å². The number of fused-ring (bicyclic) bond motifs is 2. The highest BCUT2D eigenvalue weighted by atomic mass is 15.0. The molecule has 0 bridgehead atoms. The van der Waals surface area contributed by atoms with Crippen molar-refractivity contribution < 1.29 is 0 Å². The van der Waals surface area contributed by atoms with Gasteiger partial charge in [-0.15, -0.1) is 0 Å². The van der Waals surface area contributed by atoms with Crippen molar-refractivity contribution in [3.8, 4) is 0 Å². The Balaban J connectivity index is 2.04. The van der Waals surface area contributed by atoms with Gasteiger partial charge in [0.05, 0.1) is 0 Å². The lowest BCUT2D eigenvalue weighted by molar-refractivity contribution is 0.413. The van der Waals surface area contributed by atoms with Gasteiger partial charge in [-0.1, -0.05) is 19.1 Å². The highest BCUT2D eigenvalue weighted by molar-refractivity contribution is 5.43. The Bertz CT molecular complexity index is 422. The van der Waals surface area contributed by atoms with Crippen molar-refractivity contribution in [1.29, 1.82) is 0 Å². The molecule has 0 spiro atoms. The van der Waals surface area contributed by atoms with Crippen molar-refractivity contribution in [3.63, 3.8) is 0 Å². The molecule has 1 aliphatic heterocycles. The van der Waals surface area contributed by atoms with E-state index >= 15 is 0 Å². The standard InChI is InChI=1S/C16H23N/c1-3-16-15-10-13-7-5-4-6-12(13)9-14(15)8-11(2)17-16/h9-11,16-17H,3-8H2,1-2H3. The van der Waals surface area contributed by atoms with Gasteiger partial charge in [0.25, 0.3) is 0 Å². The Hall–Kier alpha value is -0.820. The Labute approximate surface area is 105 Å². The first-order valence-corrected chi connectivity index (χ1v) is 7.18. The van der Waals surface area contributed by atoms with Crippen LogP contribution in [-0.4, -0.2) is 6.04 Å². The van der Waals surface area contributed by atoms with Crippen molar-refractivity contribution in [3.05, 3.63) is 34.4 Å². The van der Waals surface area contributed by atoms with Gasteiger partial charge >= 0.3 is 0 Å². The molecule has 0 saturated carbocycles. The maximum absolute atomic E-state index is 3.73. The maximum Gasteiger partial charge on any atom is 0.0322 e. The molecule has 1 N–H and O–H groups in total. The molecule has 17 heavy (non-hydrogen) atoms. The van der Waals surface area contributed by atoms with Crippen molar-refractivity contribution in [2.24, 2.45) is 0 Å². The van der Waals surface area contributed by atoms with Crippen LogP contribution in [0.4, 0.5) is 0 Å². The SMILES string of the molecule is CCC1NC(C)Cc2cc3c(cc21)CCCC3. The molecule has 1 aliphatic carbocycles. The fourth-order valence-electron chi connectivity index (χ4n) is 3.52.